The summed E-state index contributed by atoms with van der Waals surface area (Å²) in [4.78, 5) is 0. The van der Waals surface area contributed by atoms with Crippen molar-refractivity contribution in [1.29, 1.82) is 0 Å². The summed E-state index contributed by atoms with van der Waals surface area (Å²) in [5.41, 5.74) is 1.95. The summed E-state index contributed by atoms with van der Waals surface area (Å²) >= 11 is 0. The average molecular weight is 300 g/mol. The molecular formula is C19H24O3. The topological polar surface area (TPSA) is 42.6 Å². The first kappa shape index (κ1) is 15.2. The van der Waals surface area contributed by atoms with Gasteiger partial charge in [-0.15, -0.1) is 0 Å². The van der Waals surface area contributed by atoms with Gasteiger partial charge in [-0.3, -0.25) is 0 Å². The third-order valence-electron chi connectivity index (χ3n) is 4.75. The number of aliphatic hydroxyl groups excluding tert-OH is 1. The molecule has 1 atom stereocenters. The van der Waals surface area contributed by atoms with Crippen LogP contribution in [-0.4, -0.2) is 12.2 Å². The van der Waals surface area contributed by atoms with Crippen LogP contribution in [0.5, 0.6) is 5.75 Å². The molecule has 1 unspecified atom stereocenters. The molecule has 0 radical (unpaired) electrons. The summed E-state index contributed by atoms with van der Waals surface area (Å²) in [6.45, 7) is 1.94. The Labute approximate surface area is 131 Å². The molecule has 0 aliphatic heterocycles. The van der Waals surface area contributed by atoms with Gasteiger partial charge in [0.15, 0.2) is 0 Å². The van der Waals surface area contributed by atoms with Crippen LogP contribution in [0.2, 0.25) is 0 Å². The van der Waals surface area contributed by atoms with Crippen molar-refractivity contribution in [2.24, 2.45) is 5.92 Å². The summed E-state index contributed by atoms with van der Waals surface area (Å²) in [5, 5.41) is 10.7. The Morgan fingerprint density at radius 1 is 1.14 bits per heavy atom. The molecular weight excluding hydrogens is 276 g/mol. The monoisotopic (exact) mass is 300 g/mol. The Hall–Kier alpha value is -1.74. The molecule has 0 bridgehead atoms. The summed E-state index contributed by atoms with van der Waals surface area (Å²) in [5.74, 6) is 2.83. The Morgan fingerprint density at radius 3 is 2.45 bits per heavy atom. The van der Waals surface area contributed by atoms with Gasteiger partial charge in [-0.2, -0.15) is 0 Å². The third-order valence-corrected chi connectivity index (χ3v) is 4.75. The lowest BCUT2D eigenvalue weighted by atomic mass is 9.83. The van der Waals surface area contributed by atoms with E-state index in [0.29, 0.717) is 5.92 Å². The molecule has 0 spiro atoms. The van der Waals surface area contributed by atoms with Crippen molar-refractivity contribution in [2.45, 2.75) is 45.1 Å². The fraction of sp³-hybridized carbons (Fsp3) is 0.474. The second-order valence-corrected chi connectivity index (χ2v) is 6.19. The fourth-order valence-corrected chi connectivity index (χ4v) is 3.39. The van der Waals surface area contributed by atoms with Crippen LogP contribution in [0.3, 0.4) is 0 Å². The van der Waals surface area contributed by atoms with Gasteiger partial charge >= 0.3 is 0 Å². The van der Waals surface area contributed by atoms with Crippen molar-refractivity contribution in [2.75, 3.05) is 7.11 Å². The van der Waals surface area contributed by atoms with Crippen LogP contribution >= 0.6 is 0 Å². The van der Waals surface area contributed by atoms with Gasteiger partial charge in [0.05, 0.1) is 13.2 Å². The number of aliphatic hydroxyl groups is 1. The second kappa shape index (κ2) is 6.57. The highest BCUT2D eigenvalue weighted by atomic mass is 16.5. The number of hydrogen-bond donors (Lipinski definition) is 1. The molecule has 1 aliphatic rings. The normalized spacial score (nSPS) is 17.4. The van der Waals surface area contributed by atoms with E-state index in [1.807, 2.05) is 37.3 Å². The first-order valence-corrected chi connectivity index (χ1v) is 8.12. The predicted molar refractivity (Wildman–Crippen MR) is 87.0 cm³/mol. The van der Waals surface area contributed by atoms with Crippen LogP contribution in [-0.2, 0) is 0 Å². The molecule has 0 saturated heterocycles. The van der Waals surface area contributed by atoms with Crippen LogP contribution < -0.4 is 4.74 Å². The van der Waals surface area contributed by atoms with Gasteiger partial charge in [0.1, 0.15) is 17.3 Å². The van der Waals surface area contributed by atoms with E-state index < -0.39 is 6.10 Å². The lowest BCUT2D eigenvalue weighted by molar-refractivity contribution is 0.0835. The zero-order valence-corrected chi connectivity index (χ0v) is 13.3. The molecule has 1 aromatic heterocycles. The highest BCUT2D eigenvalue weighted by molar-refractivity contribution is 5.60. The lowest BCUT2D eigenvalue weighted by Crippen LogP contribution is -2.16. The molecule has 3 nitrogen and oxygen atoms in total. The van der Waals surface area contributed by atoms with Gasteiger partial charge in [0.25, 0.3) is 0 Å². The van der Waals surface area contributed by atoms with E-state index >= 15 is 0 Å². The van der Waals surface area contributed by atoms with E-state index in [2.05, 4.69) is 0 Å². The van der Waals surface area contributed by atoms with Gasteiger partial charge in [0, 0.05) is 11.1 Å². The Kier molecular flexibility index (Phi) is 4.53. The van der Waals surface area contributed by atoms with Crippen molar-refractivity contribution in [3.8, 4) is 17.1 Å². The lowest BCUT2D eigenvalue weighted by Gasteiger charge is -2.26. The van der Waals surface area contributed by atoms with E-state index in [-0.39, 0.29) is 0 Å². The van der Waals surface area contributed by atoms with Gasteiger partial charge in [-0.1, -0.05) is 19.3 Å². The SMILES string of the molecule is COc1ccc(-c2cc(C(O)C3CCCCC3)c(C)o2)cc1. The van der Waals surface area contributed by atoms with Crippen LogP contribution in [0.15, 0.2) is 34.7 Å². The minimum Gasteiger partial charge on any atom is -0.497 e. The van der Waals surface area contributed by atoms with E-state index in [4.69, 9.17) is 9.15 Å². The first-order valence-electron chi connectivity index (χ1n) is 8.12. The fourth-order valence-electron chi connectivity index (χ4n) is 3.39. The first-order chi connectivity index (χ1) is 10.7. The van der Waals surface area contributed by atoms with Crippen molar-refractivity contribution in [3.63, 3.8) is 0 Å². The zero-order valence-electron chi connectivity index (χ0n) is 13.3. The maximum absolute atomic E-state index is 10.7. The van der Waals surface area contributed by atoms with Crippen molar-refractivity contribution in [3.05, 3.63) is 41.7 Å². The van der Waals surface area contributed by atoms with Crippen LogP contribution in [0.1, 0.15) is 49.5 Å². The largest absolute Gasteiger partial charge is 0.497 e. The maximum Gasteiger partial charge on any atom is 0.134 e. The number of furan rings is 1. The Morgan fingerprint density at radius 2 is 1.82 bits per heavy atom. The number of benzene rings is 1. The maximum atomic E-state index is 10.7. The molecule has 2 aromatic rings. The Balaban J connectivity index is 1.82. The molecule has 3 rings (SSSR count). The molecule has 22 heavy (non-hydrogen) atoms. The zero-order chi connectivity index (χ0) is 15.5. The molecule has 1 aliphatic carbocycles. The molecule has 0 amide bonds. The summed E-state index contributed by atoms with van der Waals surface area (Å²) in [6, 6.07) is 9.80. The van der Waals surface area contributed by atoms with E-state index in [1.54, 1.807) is 7.11 Å². The minimum absolute atomic E-state index is 0.369. The molecule has 1 fully saturated rings. The minimum atomic E-state index is -0.406. The summed E-state index contributed by atoms with van der Waals surface area (Å²) < 4.78 is 11.1. The summed E-state index contributed by atoms with van der Waals surface area (Å²) in [6.07, 6.45) is 5.57. The number of ether oxygens (including phenoxy) is 1. The molecule has 1 aromatic carbocycles. The second-order valence-electron chi connectivity index (χ2n) is 6.19. The summed E-state index contributed by atoms with van der Waals surface area (Å²) in [7, 11) is 1.66. The van der Waals surface area contributed by atoms with Gasteiger partial charge in [-0.25, -0.2) is 0 Å². The quantitative estimate of drug-likeness (QED) is 0.875. The standard InChI is InChI=1S/C19H24O3/c1-13-17(19(20)15-6-4-3-5-7-15)12-18(22-13)14-8-10-16(21-2)11-9-14/h8-12,15,19-20H,3-7H2,1-2H3. The van der Waals surface area contributed by atoms with Gasteiger partial charge in [-0.05, 0) is 56.0 Å². The van der Waals surface area contributed by atoms with Crippen molar-refractivity contribution < 1.29 is 14.3 Å². The molecule has 1 saturated carbocycles. The number of hydrogen-bond acceptors (Lipinski definition) is 3. The third kappa shape index (κ3) is 3.05. The van der Waals surface area contributed by atoms with Crippen molar-refractivity contribution in [1.82, 2.24) is 0 Å². The predicted octanol–water partition coefficient (Wildman–Crippen LogP) is 4.88. The molecule has 118 valence electrons. The van der Waals surface area contributed by atoms with Gasteiger partial charge in [0.2, 0.25) is 0 Å². The number of methoxy groups -OCH3 is 1. The van der Waals surface area contributed by atoms with Crippen LogP contribution in [0.4, 0.5) is 0 Å². The van der Waals surface area contributed by atoms with E-state index in [1.165, 1.54) is 19.3 Å². The molecule has 1 heterocycles. The van der Waals surface area contributed by atoms with Gasteiger partial charge < -0.3 is 14.3 Å². The average Bonchev–Trinajstić information content (AvgIpc) is 2.97. The Bertz CT molecular complexity index is 606. The smallest absolute Gasteiger partial charge is 0.134 e. The number of aryl methyl sites for hydroxylation is 1. The highest BCUT2D eigenvalue weighted by Crippen LogP contribution is 2.38. The van der Waals surface area contributed by atoms with E-state index in [9.17, 15) is 5.11 Å². The van der Waals surface area contributed by atoms with Crippen LogP contribution in [0, 0.1) is 12.8 Å². The molecule has 3 heteroatoms. The highest BCUT2D eigenvalue weighted by Gasteiger charge is 2.26. The van der Waals surface area contributed by atoms with E-state index in [0.717, 1.165) is 41.2 Å². The van der Waals surface area contributed by atoms with Crippen molar-refractivity contribution >= 4 is 0 Å². The van der Waals surface area contributed by atoms with Crippen LogP contribution in [0.25, 0.3) is 11.3 Å². The molecule has 1 N–H and O–H groups in total. The number of rotatable bonds is 4.